The normalized spacial score (nSPS) is 13.2. The maximum Gasteiger partial charge on any atom is 0.407 e. The monoisotopic (exact) mass is 469 g/mol. The van der Waals surface area contributed by atoms with Crippen molar-refractivity contribution in [1.82, 2.24) is 5.32 Å². The van der Waals surface area contributed by atoms with Gasteiger partial charge in [-0.3, -0.25) is 4.79 Å². The molecule has 32 heavy (non-hydrogen) atoms. The van der Waals surface area contributed by atoms with E-state index in [1.165, 1.54) is 0 Å². The van der Waals surface area contributed by atoms with Gasteiger partial charge in [0, 0.05) is 22.5 Å². The van der Waals surface area contributed by atoms with Crippen LogP contribution in [0.2, 0.25) is 10.0 Å². The van der Waals surface area contributed by atoms with E-state index in [2.05, 4.69) is 17.4 Å². The van der Waals surface area contributed by atoms with Crippen LogP contribution in [0.3, 0.4) is 0 Å². The molecule has 0 saturated carbocycles. The fourth-order valence-corrected chi connectivity index (χ4v) is 4.69. The molecule has 0 radical (unpaired) electrons. The van der Waals surface area contributed by atoms with E-state index in [1.807, 2.05) is 36.4 Å². The number of halogens is 2. The zero-order valence-electron chi connectivity index (χ0n) is 17.1. The molecule has 1 aliphatic carbocycles. The Hall–Kier alpha value is -3.02. The Balaban J connectivity index is 1.37. The highest BCUT2D eigenvalue weighted by molar-refractivity contribution is 6.34. The topological polar surface area (TPSA) is 75.6 Å². The van der Waals surface area contributed by atoms with Gasteiger partial charge < -0.3 is 15.2 Å². The first-order valence-electron chi connectivity index (χ1n) is 10.2. The van der Waals surface area contributed by atoms with Gasteiger partial charge in [0.1, 0.15) is 6.61 Å². The molecule has 164 valence electrons. The van der Waals surface area contributed by atoms with Crippen molar-refractivity contribution in [3.63, 3.8) is 0 Å². The number of alkyl carbamates (subject to hydrolysis) is 1. The summed E-state index contributed by atoms with van der Waals surface area (Å²) >= 11 is 12.0. The molecule has 3 aromatic rings. The summed E-state index contributed by atoms with van der Waals surface area (Å²) in [6, 6.07) is 21.0. The van der Waals surface area contributed by atoms with Crippen LogP contribution in [0.25, 0.3) is 11.1 Å². The van der Waals surface area contributed by atoms with Gasteiger partial charge in [0.15, 0.2) is 0 Å². The number of hydrogen-bond donors (Lipinski definition) is 2. The zero-order chi connectivity index (χ0) is 22.7. The third-order valence-electron chi connectivity index (χ3n) is 5.59. The Morgan fingerprint density at radius 1 is 0.938 bits per heavy atom. The van der Waals surface area contributed by atoms with E-state index in [0.717, 1.165) is 22.3 Å². The number of ether oxygens (including phenoxy) is 1. The average Bonchev–Trinajstić information content (AvgIpc) is 3.08. The lowest BCUT2D eigenvalue weighted by Crippen LogP contribution is -2.35. The molecule has 4 rings (SSSR count). The van der Waals surface area contributed by atoms with Crippen molar-refractivity contribution in [2.75, 3.05) is 13.2 Å². The number of carboxylic acid groups (broad SMARTS) is 1. The van der Waals surface area contributed by atoms with E-state index in [9.17, 15) is 14.7 Å². The first kappa shape index (κ1) is 22.2. The number of rotatable bonds is 7. The number of carbonyl (C=O) groups excluding carboxylic acids is 1. The smallest absolute Gasteiger partial charge is 0.407 e. The van der Waals surface area contributed by atoms with E-state index < -0.39 is 18.0 Å². The van der Waals surface area contributed by atoms with E-state index in [0.29, 0.717) is 15.6 Å². The van der Waals surface area contributed by atoms with Crippen LogP contribution in [-0.4, -0.2) is 30.3 Å². The maximum absolute atomic E-state index is 12.3. The molecule has 1 amide bonds. The predicted octanol–water partition coefficient (Wildman–Crippen LogP) is 5.78. The van der Waals surface area contributed by atoms with Crippen LogP contribution in [0.15, 0.2) is 66.7 Å². The number of nitrogens with one attached hydrogen (secondary N) is 1. The third-order valence-corrected chi connectivity index (χ3v) is 6.03. The van der Waals surface area contributed by atoms with Crippen LogP contribution in [-0.2, 0) is 16.0 Å². The van der Waals surface area contributed by atoms with Gasteiger partial charge in [0.2, 0.25) is 0 Å². The molecule has 1 atom stereocenters. The Bertz CT molecular complexity index is 1100. The third kappa shape index (κ3) is 4.90. The number of carbonyl (C=O) groups is 2. The number of benzene rings is 3. The highest BCUT2D eigenvalue weighted by atomic mass is 35.5. The number of aliphatic carboxylic acids is 1. The van der Waals surface area contributed by atoms with Crippen LogP contribution in [0.4, 0.5) is 4.79 Å². The SMILES string of the molecule is O=C(NC[C@@H](Cc1cc(Cl)cc(Cl)c1)C(=O)O)OCC1c2ccccc2-c2ccccc21. The number of amides is 1. The first-order valence-corrected chi connectivity index (χ1v) is 10.9. The lowest BCUT2D eigenvalue weighted by atomic mass is 9.98. The second kappa shape index (κ2) is 9.63. The Morgan fingerprint density at radius 3 is 2.06 bits per heavy atom. The van der Waals surface area contributed by atoms with E-state index >= 15 is 0 Å². The Morgan fingerprint density at radius 2 is 1.50 bits per heavy atom. The van der Waals surface area contributed by atoms with Crippen LogP contribution >= 0.6 is 23.2 Å². The highest BCUT2D eigenvalue weighted by Crippen LogP contribution is 2.44. The van der Waals surface area contributed by atoms with Crippen molar-refractivity contribution in [2.24, 2.45) is 5.92 Å². The van der Waals surface area contributed by atoms with Crippen molar-refractivity contribution in [3.05, 3.63) is 93.5 Å². The standard InChI is InChI=1S/C25H21Cl2NO4/c26-17-10-15(11-18(27)12-17)9-16(24(29)30)13-28-25(31)32-14-23-21-7-3-1-5-19(21)20-6-2-4-8-22(20)23/h1-8,10-12,16,23H,9,13-14H2,(H,28,31)(H,29,30)/t16-/m1/s1. The largest absolute Gasteiger partial charge is 0.481 e. The van der Waals surface area contributed by atoms with Crippen molar-refractivity contribution in [1.29, 1.82) is 0 Å². The summed E-state index contributed by atoms with van der Waals surface area (Å²) < 4.78 is 5.47. The van der Waals surface area contributed by atoms with Gasteiger partial charge >= 0.3 is 12.1 Å². The highest BCUT2D eigenvalue weighted by Gasteiger charge is 2.29. The summed E-state index contributed by atoms with van der Waals surface area (Å²) in [6.45, 7) is 0.0949. The van der Waals surface area contributed by atoms with Crippen molar-refractivity contribution < 1.29 is 19.4 Å². The van der Waals surface area contributed by atoms with Crippen LogP contribution in [0, 0.1) is 5.92 Å². The van der Waals surface area contributed by atoms with Gasteiger partial charge in [-0.1, -0.05) is 71.7 Å². The summed E-state index contributed by atoms with van der Waals surface area (Å²) in [5.41, 5.74) is 5.20. The van der Waals surface area contributed by atoms with Gasteiger partial charge in [-0.15, -0.1) is 0 Å². The molecule has 3 aromatic carbocycles. The lowest BCUT2D eigenvalue weighted by molar-refractivity contribution is -0.141. The molecule has 0 spiro atoms. The first-order chi connectivity index (χ1) is 15.4. The number of hydrogen-bond acceptors (Lipinski definition) is 3. The molecule has 2 N–H and O–H groups in total. The molecule has 0 aromatic heterocycles. The Labute approximate surface area is 195 Å². The second-order valence-electron chi connectivity index (χ2n) is 7.72. The van der Waals surface area contributed by atoms with Gasteiger partial charge in [0.05, 0.1) is 5.92 Å². The molecule has 0 heterocycles. The van der Waals surface area contributed by atoms with E-state index in [4.69, 9.17) is 27.9 Å². The molecule has 0 saturated heterocycles. The van der Waals surface area contributed by atoms with Gasteiger partial charge in [-0.25, -0.2) is 4.79 Å². The summed E-state index contributed by atoms with van der Waals surface area (Å²) in [5.74, 6) is -1.93. The molecule has 0 aliphatic heterocycles. The maximum atomic E-state index is 12.3. The molecule has 7 heteroatoms. The van der Waals surface area contributed by atoms with Crippen LogP contribution in [0.5, 0.6) is 0 Å². The Kier molecular flexibility index (Phi) is 6.68. The van der Waals surface area contributed by atoms with Crippen molar-refractivity contribution in [2.45, 2.75) is 12.3 Å². The van der Waals surface area contributed by atoms with Gasteiger partial charge in [-0.2, -0.15) is 0 Å². The molecular formula is C25H21Cl2NO4. The number of fused-ring (bicyclic) bond motifs is 3. The molecule has 0 unspecified atom stereocenters. The quantitative estimate of drug-likeness (QED) is 0.460. The second-order valence-corrected chi connectivity index (χ2v) is 8.60. The fraction of sp³-hybridized carbons (Fsp3) is 0.200. The zero-order valence-corrected chi connectivity index (χ0v) is 18.6. The predicted molar refractivity (Wildman–Crippen MR) is 124 cm³/mol. The molecule has 1 aliphatic rings. The van der Waals surface area contributed by atoms with E-state index in [-0.39, 0.29) is 25.5 Å². The molecule has 5 nitrogen and oxygen atoms in total. The minimum absolute atomic E-state index is 0.0583. The summed E-state index contributed by atoms with van der Waals surface area (Å²) in [4.78, 5) is 24.0. The fourth-order valence-electron chi connectivity index (χ4n) is 4.12. The minimum atomic E-state index is -1.03. The number of carboxylic acids is 1. The summed E-state index contributed by atoms with van der Waals surface area (Å²) in [7, 11) is 0. The summed E-state index contributed by atoms with van der Waals surface area (Å²) in [6.07, 6.45) is -0.471. The molecular weight excluding hydrogens is 449 g/mol. The lowest BCUT2D eigenvalue weighted by Gasteiger charge is -2.16. The van der Waals surface area contributed by atoms with Gasteiger partial charge in [-0.05, 0) is 52.4 Å². The molecule has 0 bridgehead atoms. The minimum Gasteiger partial charge on any atom is -0.481 e. The van der Waals surface area contributed by atoms with Crippen LogP contribution in [0.1, 0.15) is 22.6 Å². The van der Waals surface area contributed by atoms with Crippen molar-refractivity contribution >= 4 is 35.3 Å². The summed E-state index contributed by atoms with van der Waals surface area (Å²) in [5, 5.41) is 13.0. The van der Waals surface area contributed by atoms with E-state index in [1.54, 1.807) is 18.2 Å². The molecule has 0 fully saturated rings. The van der Waals surface area contributed by atoms with Crippen LogP contribution < -0.4 is 5.32 Å². The average molecular weight is 470 g/mol. The van der Waals surface area contributed by atoms with Crippen molar-refractivity contribution in [3.8, 4) is 11.1 Å². The van der Waals surface area contributed by atoms with Gasteiger partial charge in [0.25, 0.3) is 0 Å².